The number of amides is 4. The SMILES string of the molecule is O=C1NN(c2ccc([N+](=O)[O-])cc2)C(=O)C1N=NC1C(=O)NN(c2ccc([N+](=O)[O-])cc2)C1=O. The van der Waals surface area contributed by atoms with Crippen LogP contribution in [-0.4, -0.2) is 45.6 Å². The zero-order chi connectivity index (χ0) is 24.6. The van der Waals surface area contributed by atoms with Gasteiger partial charge < -0.3 is 0 Å². The van der Waals surface area contributed by atoms with Crippen molar-refractivity contribution in [3.05, 3.63) is 68.8 Å². The van der Waals surface area contributed by atoms with E-state index >= 15 is 0 Å². The Kier molecular flexibility index (Phi) is 5.38. The normalized spacial score (nSPS) is 20.1. The molecule has 2 aliphatic heterocycles. The molecule has 0 spiro atoms. The Labute approximate surface area is 188 Å². The van der Waals surface area contributed by atoms with Gasteiger partial charge in [0.2, 0.25) is 12.1 Å². The van der Waals surface area contributed by atoms with Gasteiger partial charge in [-0.3, -0.25) is 50.3 Å². The second-order valence-corrected chi connectivity index (χ2v) is 6.88. The molecule has 4 rings (SSSR count). The van der Waals surface area contributed by atoms with Gasteiger partial charge in [-0.15, -0.1) is 0 Å². The zero-order valence-corrected chi connectivity index (χ0v) is 16.7. The number of anilines is 2. The molecule has 2 aliphatic rings. The van der Waals surface area contributed by atoms with Crippen molar-refractivity contribution in [1.82, 2.24) is 10.9 Å². The van der Waals surface area contributed by atoms with Crippen molar-refractivity contribution in [2.24, 2.45) is 10.2 Å². The van der Waals surface area contributed by atoms with Gasteiger partial charge in [-0.25, -0.2) is 10.0 Å². The molecule has 172 valence electrons. The Hall–Kier alpha value is -5.28. The summed E-state index contributed by atoms with van der Waals surface area (Å²) < 4.78 is 0. The lowest BCUT2D eigenvalue weighted by Gasteiger charge is -2.14. The summed E-state index contributed by atoms with van der Waals surface area (Å²) in [5.41, 5.74) is 4.28. The molecule has 2 N–H and O–H groups in total. The lowest BCUT2D eigenvalue weighted by atomic mass is 10.2. The number of non-ortho nitro benzene ring substituents is 2. The van der Waals surface area contributed by atoms with E-state index in [1.54, 1.807) is 0 Å². The van der Waals surface area contributed by atoms with Gasteiger partial charge in [0.1, 0.15) is 0 Å². The molecule has 2 unspecified atom stereocenters. The van der Waals surface area contributed by atoms with Crippen molar-refractivity contribution in [3.63, 3.8) is 0 Å². The molecule has 0 bridgehead atoms. The molecule has 2 aromatic carbocycles. The Morgan fingerprint density at radius 3 is 1.26 bits per heavy atom. The Balaban J connectivity index is 1.48. The van der Waals surface area contributed by atoms with Crippen molar-refractivity contribution in [1.29, 1.82) is 0 Å². The molecule has 16 heteroatoms. The summed E-state index contributed by atoms with van der Waals surface area (Å²) in [6, 6.07) is 6.13. The number of nitro benzene ring substituents is 2. The van der Waals surface area contributed by atoms with Gasteiger partial charge in [0.15, 0.2) is 0 Å². The molecule has 2 fully saturated rings. The number of nitrogens with one attached hydrogen (secondary N) is 2. The number of carbonyl (C=O) groups excluding carboxylic acids is 4. The van der Waals surface area contributed by atoms with E-state index < -0.39 is 45.6 Å². The molecule has 0 saturated carbocycles. The molecule has 0 radical (unpaired) electrons. The van der Waals surface area contributed by atoms with Gasteiger partial charge in [0.05, 0.1) is 21.2 Å². The predicted octanol–water partition coefficient (Wildman–Crippen LogP) is 0.148. The molecule has 0 aromatic heterocycles. The summed E-state index contributed by atoms with van der Waals surface area (Å²) in [4.78, 5) is 69.8. The van der Waals surface area contributed by atoms with Crippen LogP contribution in [0.4, 0.5) is 22.7 Å². The van der Waals surface area contributed by atoms with Crippen LogP contribution < -0.4 is 20.9 Å². The van der Waals surface area contributed by atoms with E-state index in [0.717, 1.165) is 34.3 Å². The second kappa shape index (κ2) is 8.34. The highest BCUT2D eigenvalue weighted by molar-refractivity contribution is 6.19. The number of benzene rings is 2. The second-order valence-electron chi connectivity index (χ2n) is 6.88. The van der Waals surface area contributed by atoms with Crippen LogP contribution in [0.1, 0.15) is 0 Å². The third-order valence-electron chi connectivity index (χ3n) is 4.78. The zero-order valence-electron chi connectivity index (χ0n) is 16.7. The number of carbonyl (C=O) groups is 4. The molecule has 16 nitrogen and oxygen atoms in total. The molecule has 2 atom stereocenters. The molecule has 2 heterocycles. The number of nitro groups is 2. The first kappa shape index (κ1) is 21.9. The van der Waals surface area contributed by atoms with Crippen molar-refractivity contribution in [3.8, 4) is 0 Å². The van der Waals surface area contributed by atoms with E-state index in [2.05, 4.69) is 21.1 Å². The Morgan fingerprint density at radius 2 is 0.971 bits per heavy atom. The number of azo groups is 1. The van der Waals surface area contributed by atoms with Gasteiger partial charge in [0, 0.05) is 24.3 Å². The summed E-state index contributed by atoms with van der Waals surface area (Å²) >= 11 is 0. The largest absolute Gasteiger partial charge is 0.282 e. The fourth-order valence-corrected chi connectivity index (χ4v) is 3.09. The molecule has 4 amide bonds. The minimum atomic E-state index is -1.69. The summed E-state index contributed by atoms with van der Waals surface area (Å²) in [7, 11) is 0. The first-order valence-electron chi connectivity index (χ1n) is 9.35. The average Bonchev–Trinajstić information content (AvgIpc) is 3.26. The lowest BCUT2D eigenvalue weighted by Crippen LogP contribution is -2.35. The summed E-state index contributed by atoms with van der Waals surface area (Å²) in [6.45, 7) is 0. The van der Waals surface area contributed by atoms with Crippen LogP contribution in [0.25, 0.3) is 0 Å². The van der Waals surface area contributed by atoms with Gasteiger partial charge in [-0.1, -0.05) is 0 Å². The lowest BCUT2D eigenvalue weighted by molar-refractivity contribution is -0.385. The van der Waals surface area contributed by atoms with Crippen LogP contribution in [-0.2, 0) is 19.2 Å². The van der Waals surface area contributed by atoms with E-state index in [1.165, 1.54) is 24.3 Å². The molecule has 2 saturated heterocycles. The molecular weight excluding hydrogens is 456 g/mol. The third-order valence-corrected chi connectivity index (χ3v) is 4.78. The van der Waals surface area contributed by atoms with Crippen molar-refractivity contribution in [2.45, 2.75) is 12.1 Å². The molecule has 0 aliphatic carbocycles. The fourth-order valence-electron chi connectivity index (χ4n) is 3.09. The van der Waals surface area contributed by atoms with Gasteiger partial charge in [-0.2, -0.15) is 10.2 Å². The van der Waals surface area contributed by atoms with E-state index in [-0.39, 0.29) is 22.7 Å². The number of hydrogen-bond donors (Lipinski definition) is 2. The van der Waals surface area contributed by atoms with Crippen molar-refractivity contribution >= 4 is 46.4 Å². The van der Waals surface area contributed by atoms with Crippen LogP contribution in [0.3, 0.4) is 0 Å². The Bertz CT molecular complexity index is 1160. The first-order valence-corrected chi connectivity index (χ1v) is 9.35. The topological polar surface area (TPSA) is 210 Å². The standard InChI is InChI=1S/C18H12N8O8/c27-15-13(17(29)23(21-15)9-1-5-11(6-2-9)25(31)32)19-20-14-16(28)22-24(18(14)30)10-3-7-12(8-4-10)26(33)34/h1-8,13-14H,(H,21,27)(H,22,28). The number of hydrogen-bond acceptors (Lipinski definition) is 10. The fraction of sp³-hybridized carbons (Fsp3) is 0.111. The molecule has 2 aromatic rings. The molecular formula is C18H12N8O8. The maximum Gasteiger partial charge on any atom is 0.282 e. The first-order chi connectivity index (χ1) is 16.2. The maximum atomic E-state index is 12.6. The van der Waals surface area contributed by atoms with Crippen LogP contribution in [0.15, 0.2) is 58.8 Å². The van der Waals surface area contributed by atoms with E-state index in [1.807, 2.05) is 0 Å². The van der Waals surface area contributed by atoms with Crippen LogP contribution in [0, 0.1) is 20.2 Å². The number of rotatable bonds is 6. The van der Waals surface area contributed by atoms with Crippen LogP contribution in [0.2, 0.25) is 0 Å². The van der Waals surface area contributed by atoms with Crippen molar-refractivity contribution in [2.75, 3.05) is 10.0 Å². The predicted molar refractivity (Wildman–Crippen MR) is 110 cm³/mol. The van der Waals surface area contributed by atoms with Gasteiger partial charge in [0.25, 0.3) is 35.0 Å². The smallest absolute Gasteiger partial charge is 0.270 e. The molecule has 34 heavy (non-hydrogen) atoms. The van der Waals surface area contributed by atoms with Crippen LogP contribution in [0.5, 0.6) is 0 Å². The summed E-state index contributed by atoms with van der Waals surface area (Å²) in [5.74, 6) is -3.52. The van der Waals surface area contributed by atoms with E-state index in [9.17, 15) is 39.4 Å². The van der Waals surface area contributed by atoms with Gasteiger partial charge >= 0.3 is 0 Å². The highest BCUT2D eigenvalue weighted by Gasteiger charge is 2.44. The highest BCUT2D eigenvalue weighted by Crippen LogP contribution is 2.24. The highest BCUT2D eigenvalue weighted by atomic mass is 16.6. The quantitative estimate of drug-likeness (QED) is 0.257. The number of hydrazine groups is 2. The monoisotopic (exact) mass is 468 g/mol. The minimum Gasteiger partial charge on any atom is -0.270 e. The van der Waals surface area contributed by atoms with Gasteiger partial charge in [-0.05, 0) is 24.3 Å². The average molecular weight is 468 g/mol. The number of nitrogens with zero attached hydrogens (tertiary/aromatic N) is 6. The summed E-state index contributed by atoms with van der Waals surface area (Å²) in [6.07, 6.45) is 0. The van der Waals surface area contributed by atoms with E-state index in [4.69, 9.17) is 0 Å². The Morgan fingerprint density at radius 1 is 0.647 bits per heavy atom. The third kappa shape index (κ3) is 3.85. The minimum absolute atomic E-state index is 0.126. The van der Waals surface area contributed by atoms with Crippen LogP contribution >= 0.6 is 0 Å². The van der Waals surface area contributed by atoms with Crippen molar-refractivity contribution < 1.29 is 29.0 Å². The maximum absolute atomic E-state index is 12.6. The summed E-state index contributed by atoms with van der Waals surface area (Å²) in [5, 5.41) is 30.3. The van der Waals surface area contributed by atoms with E-state index in [0.29, 0.717) is 0 Å².